The Bertz CT molecular complexity index is 983. The molecule has 0 fully saturated rings. The number of nitrogens with zero attached hydrogens (tertiary/aromatic N) is 1. The molecule has 0 unspecified atom stereocenters. The number of carbonyl (C=O) groups excluding carboxylic acids is 2. The Morgan fingerprint density at radius 3 is 2.35 bits per heavy atom. The largest absolute Gasteiger partial charge is 0.465 e. The maximum Gasteiger partial charge on any atom is 0.340 e. The Morgan fingerprint density at radius 2 is 1.73 bits per heavy atom. The first-order valence-corrected chi connectivity index (χ1v) is 8.42. The summed E-state index contributed by atoms with van der Waals surface area (Å²) < 4.78 is 12.1. The highest BCUT2D eigenvalue weighted by molar-refractivity contribution is 6.12. The molecule has 0 aliphatic rings. The number of methoxy groups -OCH3 is 1. The molecule has 3 rings (SSSR count). The van der Waals surface area contributed by atoms with Crippen molar-refractivity contribution in [3.05, 3.63) is 59.2 Å². The average Bonchev–Trinajstić information content (AvgIpc) is 2.94. The van der Waals surface area contributed by atoms with Gasteiger partial charge in [-0.15, -0.1) is 0 Å². The van der Waals surface area contributed by atoms with Crippen LogP contribution >= 0.6 is 0 Å². The number of rotatable bonds is 4. The zero-order valence-electron chi connectivity index (χ0n) is 15.3. The lowest BCUT2D eigenvalue weighted by molar-refractivity contribution is 0.0527. The molecule has 5 heteroatoms. The third-order valence-corrected chi connectivity index (χ3v) is 4.43. The highest BCUT2D eigenvalue weighted by atomic mass is 16.5. The van der Waals surface area contributed by atoms with Gasteiger partial charge in [-0.2, -0.15) is 0 Å². The Kier molecular flexibility index (Phi) is 4.80. The number of ether oxygens (including phenoxy) is 2. The highest BCUT2D eigenvalue weighted by Gasteiger charge is 2.24. The van der Waals surface area contributed by atoms with E-state index in [0.29, 0.717) is 16.5 Å². The Morgan fingerprint density at radius 1 is 1.04 bits per heavy atom. The molecule has 1 heterocycles. The van der Waals surface area contributed by atoms with Crippen molar-refractivity contribution in [3.63, 3.8) is 0 Å². The van der Waals surface area contributed by atoms with Crippen LogP contribution in [0.4, 0.5) is 0 Å². The molecule has 0 aliphatic carbocycles. The van der Waals surface area contributed by atoms with E-state index >= 15 is 0 Å². The summed E-state index contributed by atoms with van der Waals surface area (Å²) >= 11 is 0. The second kappa shape index (κ2) is 7.04. The number of carbonyl (C=O) groups is 2. The minimum absolute atomic E-state index is 0.277. The predicted octanol–water partition coefficient (Wildman–Crippen LogP) is 4.12. The molecule has 0 radical (unpaired) electrons. The number of benzene rings is 2. The van der Waals surface area contributed by atoms with Crippen LogP contribution in [0.2, 0.25) is 0 Å². The topological polar surface area (TPSA) is 57.5 Å². The second-order valence-electron chi connectivity index (χ2n) is 6.09. The molecule has 5 nitrogen and oxygen atoms in total. The van der Waals surface area contributed by atoms with E-state index in [1.807, 2.05) is 48.9 Å². The van der Waals surface area contributed by atoms with Gasteiger partial charge in [0.1, 0.15) is 0 Å². The Labute approximate surface area is 152 Å². The van der Waals surface area contributed by atoms with Gasteiger partial charge in [-0.1, -0.05) is 29.8 Å². The summed E-state index contributed by atoms with van der Waals surface area (Å²) in [5.41, 5.74) is 4.51. The maximum atomic E-state index is 12.7. The van der Waals surface area contributed by atoms with Crippen LogP contribution in [-0.4, -0.2) is 30.2 Å². The van der Waals surface area contributed by atoms with Crippen molar-refractivity contribution in [1.29, 1.82) is 0 Å². The second-order valence-corrected chi connectivity index (χ2v) is 6.09. The van der Waals surface area contributed by atoms with Crippen molar-refractivity contribution in [1.82, 2.24) is 4.57 Å². The molecule has 0 N–H and O–H groups in total. The summed E-state index contributed by atoms with van der Waals surface area (Å²) in [6.07, 6.45) is 0. The first kappa shape index (κ1) is 17.7. The molecule has 2 aromatic carbocycles. The minimum Gasteiger partial charge on any atom is -0.465 e. The number of aromatic nitrogens is 1. The summed E-state index contributed by atoms with van der Waals surface area (Å²) in [7, 11) is 3.24. The normalized spacial score (nSPS) is 10.8. The van der Waals surface area contributed by atoms with Crippen molar-refractivity contribution >= 4 is 22.8 Å². The van der Waals surface area contributed by atoms with E-state index in [1.54, 1.807) is 19.1 Å². The van der Waals surface area contributed by atoms with Crippen LogP contribution in [0.1, 0.15) is 33.2 Å². The van der Waals surface area contributed by atoms with Crippen molar-refractivity contribution in [2.45, 2.75) is 13.8 Å². The van der Waals surface area contributed by atoms with E-state index in [4.69, 9.17) is 9.47 Å². The lowest BCUT2D eigenvalue weighted by Gasteiger charge is -2.08. The first-order valence-electron chi connectivity index (χ1n) is 8.42. The number of fused-ring (bicyclic) bond motifs is 1. The van der Waals surface area contributed by atoms with Gasteiger partial charge in [-0.3, -0.25) is 0 Å². The van der Waals surface area contributed by atoms with E-state index in [1.165, 1.54) is 7.11 Å². The van der Waals surface area contributed by atoms with E-state index in [9.17, 15) is 9.59 Å². The summed E-state index contributed by atoms with van der Waals surface area (Å²) in [6, 6.07) is 13.2. The van der Waals surface area contributed by atoms with Crippen LogP contribution in [0.15, 0.2) is 42.5 Å². The molecule has 0 aliphatic heterocycles. The van der Waals surface area contributed by atoms with Crippen molar-refractivity contribution in [2.75, 3.05) is 13.7 Å². The van der Waals surface area contributed by atoms with Gasteiger partial charge in [0.15, 0.2) is 0 Å². The number of aryl methyl sites for hydroxylation is 2. The molecule has 0 saturated heterocycles. The summed E-state index contributed by atoms with van der Waals surface area (Å²) in [4.78, 5) is 24.7. The quantitative estimate of drug-likeness (QED) is 0.664. The van der Waals surface area contributed by atoms with Gasteiger partial charge in [-0.05, 0) is 37.6 Å². The monoisotopic (exact) mass is 351 g/mol. The Balaban J connectivity index is 2.33. The fraction of sp³-hybridized carbons (Fsp3) is 0.238. The van der Waals surface area contributed by atoms with Crippen LogP contribution in [0, 0.1) is 6.92 Å². The van der Waals surface area contributed by atoms with Gasteiger partial charge in [0.2, 0.25) is 0 Å². The van der Waals surface area contributed by atoms with Crippen LogP contribution in [-0.2, 0) is 16.5 Å². The van der Waals surface area contributed by atoms with Gasteiger partial charge in [0, 0.05) is 18.0 Å². The maximum absolute atomic E-state index is 12.7. The molecule has 0 atom stereocenters. The van der Waals surface area contributed by atoms with Gasteiger partial charge in [0.05, 0.1) is 30.5 Å². The molecule has 134 valence electrons. The summed E-state index contributed by atoms with van der Waals surface area (Å²) in [6.45, 7) is 4.06. The molecule has 3 aromatic rings. The number of esters is 2. The molecular formula is C21H21NO4. The highest BCUT2D eigenvalue weighted by Crippen LogP contribution is 2.34. The van der Waals surface area contributed by atoms with Crippen LogP contribution in [0.5, 0.6) is 0 Å². The van der Waals surface area contributed by atoms with Gasteiger partial charge < -0.3 is 14.0 Å². The molecule has 1 aromatic heterocycles. The average molecular weight is 351 g/mol. The summed E-state index contributed by atoms with van der Waals surface area (Å²) in [5, 5.41) is 0.671. The van der Waals surface area contributed by atoms with Gasteiger partial charge in [0.25, 0.3) is 0 Å². The smallest absolute Gasteiger partial charge is 0.340 e. The number of hydrogen-bond acceptors (Lipinski definition) is 4. The standard InChI is InChI=1S/C21H21NO4/c1-5-26-21(24)18-16-12-15(20(23)25-4)10-11-17(16)22(3)19(18)14-8-6-13(2)7-9-14/h6-12H,5H2,1-4H3. The molecule has 0 spiro atoms. The molecule has 0 amide bonds. The summed E-state index contributed by atoms with van der Waals surface area (Å²) in [5.74, 6) is -0.849. The van der Waals surface area contributed by atoms with Crippen LogP contribution < -0.4 is 0 Å². The van der Waals surface area contributed by atoms with Crippen LogP contribution in [0.3, 0.4) is 0 Å². The van der Waals surface area contributed by atoms with Gasteiger partial charge >= 0.3 is 11.9 Å². The predicted molar refractivity (Wildman–Crippen MR) is 100 cm³/mol. The van der Waals surface area contributed by atoms with E-state index in [0.717, 1.165) is 22.3 Å². The van der Waals surface area contributed by atoms with Crippen LogP contribution in [0.25, 0.3) is 22.2 Å². The third-order valence-electron chi connectivity index (χ3n) is 4.43. The van der Waals surface area contributed by atoms with Crippen molar-refractivity contribution in [2.24, 2.45) is 7.05 Å². The lowest BCUT2D eigenvalue weighted by Crippen LogP contribution is -2.07. The van der Waals surface area contributed by atoms with Crippen molar-refractivity contribution in [3.8, 4) is 11.3 Å². The molecule has 0 saturated carbocycles. The third kappa shape index (κ3) is 2.96. The minimum atomic E-state index is -0.442. The fourth-order valence-corrected chi connectivity index (χ4v) is 3.15. The van der Waals surface area contributed by atoms with Crippen molar-refractivity contribution < 1.29 is 19.1 Å². The first-order chi connectivity index (χ1) is 12.5. The number of hydrogen-bond donors (Lipinski definition) is 0. The molecule has 26 heavy (non-hydrogen) atoms. The fourth-order valence-electron chi connectivity index (χ4n) is 3.15. The van der Waals surface area contributed by atoms with E-state index < -0.39 is 11.9 Å². The lowest BCUT2D eigenvalue weighted by atomic mass is 10.0. The Hall–Kier alpha value is -3.08. The SMILES string of the molecule is CCOC(=O)c1c(-c2ccc(C)cc2)n(C)c2ccc(C(=O)OC)cc12. The molecule has 0 bridgehead atoms. The van der Waals surface area contributed by atoms with E-state index in [-0.39, 0.29) is 6.61 Å². The zero-order chi connectivity index (χ0) is 18.8. The molecular weight excluding hydrogens is 330 g/mol. The zero-order valence-corrected chi connectivity index (χ0v) is 15.3. The van der Waals surface area contributed by atoms with E-state index in [2.05, 4.69) is 0 Å². The van der Waals surface area contributed by atoms with Gasteiger partial charge in [-0.25, -0.2) is 9.59 Å².